The largest absolute Gasteiger partial charge is 0.375 e. The summed E-state index contributed by atoms with van der Waals surface area (Å²) in [5.74, 6) is -1.00. The van der Waals surface area contributed by atoms with Gasteiger partial charge in [-0.1, -0.05) is 0 Å². The van der Waals surface area contributed by atoms with Crippen molar-refractivity contribution in [2.75, 3.05) is 34.3 Å². The summed E-state index contributed by atoms with van der Waals surface area (Å²) >= 11 is 1.46. The van der Waals surface area contributed by atoms with Crippen molar-refractivity contribution < 1.29 is 26.9 Å². The van der Waals surface area contributed by atoms with Crippen LogP contribution < -0.4 is 26.8 Å². The number of piperidine rings is 1. The summed E-state index contributed by atoms with van der Waals surface area (Å²) in [6.07, 6.45) is 0.353. The molecule has 3 aliphatic heterocycles. The van der Waals surface area contributed by atoms with Crippen LogP contribution in [-0.4, -0.2) is 133 Å². The quantitative estimate of drug-likeness (QED) is 0.156. The molecule has 2 saturated carbocycles. The molecule has 12 unspecified atom stereocenters. The van der Waals surface area contributed by atoms with Crippen molar-refractivity contribution in [3.05, 3.63) is 10.1 Å². The third-order valence-corrected chi connectivity index (χ3v) is 16.2. The van der Waals surface area contributed by atoms with Gasteiger partial charge in [0.25, 0.3) is 0 Å². The van der Waals surface area contributed by atoms with Crippen molar-refractivity contribution in [2.45, 2.75) is 154 Å². The fraction of sp³-hybridized carbons (Fsp3) is 1.00. The van der Waals surface area contributed by atoms with Gasteiger partial charge in [-0.3, -0.25) is 36.4 Å². The van der Waals surface area contributed by atoms with Crippen LogP contribution in [0.25, 0.3) is 0 Å². The number of sulfone groups is 1. The molecular formula is C31H58F2N8O5S2. The van der Waals surface area contributed by atoms with Crippen molar-refractivity contribution in [2.24, 2.45) is 5.92 Å². The predicted molar refractivity (Wildman–Crippen MR) is 184 cm³/mol. The minimum absolute atomic E-state index is 0.0191. The molecule has 0 aromatic heterocycles. The van der Waals surface area contributed by atoms with E-state index in [0.717, 1.165) is 32.4 Å². The number of hydrazine groups is 1. The maximum absolute atomic E-state index is 16.1. The van der Waals surface area contributed by atoms with Gasteiger partial charge in [-0.2, -0.15) is 0 Å². The minimum Gasteiger partial charge on any atom is -0.375 e. The highest BCUT2D eigenvalue weighted by atomic mass is 32.2. The number of ether oxygens (including phenoxy) is 1. The number of nitrogens with zero attached hydrogens (tertiary/aromatic N) is 3. The third-order valence-electron chi connectivity index (χ3n) is 11.7. The molecule has 13 nitrogen and oxygen atoms in total. The van der Waals surface area contributed by atoms with E-state index in [1.165, 1.54) is 25.6 Å². The molecule has 0 spiro atoms. The van der Waals surface area contributed by atoms with Crippen molar-refractivity contribution >= 4 is 21.6 Å². The smallest absolute Gasteiger partial charge is 0.244 e. The maximum Gasteiger partial charge on any atom is 0.244 e. The molecule has 12 atom stereocenters. The van der Waals surface area contributed by atoms with E-state index in [4.69, 9.17) is 4.74 Å². The topological polar surface area (TPSA) is 153 Å². The summed E-state index contributed by atoms with van der Waals surface area (Å²) in [7, 11) is 1.95. The minimum atomic E-state index is -4.00. The lowest BCUT2D eigenvalue weighted by atomic mass is 9.77. The number of nitrogens with one attached hydrogen (secondary N) is 5. The van der Waals surface area contributed by atoms with Crippen molar-refractivity contribution in [1.29, 1.82) is 0 Å². The fourth-order valence-electron chi connectivity index (χ4n) is 8.65. The van der Waals surface area contributed by atoms with Crippen molar-refractivity contribution in [1.82, 2.24) is 36.6 Å². The highest BCUT2D eigenvalue weighted by molar-refractivity contribution is 8.00. The van der Waals surface area contributed by atoms with Gasteiger partial charge in [0.1, 0.15) is 17.8 Å². The van der Waals surface area contributed by atoms with Gasteiger partial charge in [0.05, 0.1) is 28.5 Å². The van der Waals surface area contributed by atoms with Gasteiger partial charge in [-0.05, 0) is 86.2 Å². The van der Waals surface area contributed by atoms with Crippen molar-refractivity contribution in [3.63, 3.8) is 0 Å². The van der Waals surface area contributed by atoms with E-state index in [-0.39, 0.29) is 55.8 Å². The number of rotatable bonds is 11. The molecule has 3 heterocycles. The Kier molecular flexibility index (Phi) is 12.7. The first-order valence-electron chi connectivity index (χ1n) is 17.7. The van der Waals surface area contributed by atoms with Gasteiger partial charge in [0.15, 0.2) is 16.0 Å². The van der Waals surface area contributed by atoms with E-state index >= 15 is 8.78 Å². The molecule has 0 bridgehead atoms. The average Bonchev–Trinajstić information content (AvgIpc) is 3.45. The fourth-order valence-corrected chi connectivity index (χ4v) is 12.4. The van der Waals surface area contributed by atoms with Crippen LogP contribution in [0.15, 0.2) is 0 Å². The number of alkyl halides is 2. The van der Waals surface area contributed by atoms with Gasteiger partial charge >= 0.3 is 0 Å². The van der Waals surface area contributed by atoms with Crippen LogP contribution in [0.3, 0.4) is 0 Å². The summed E-state index contributed by atoms with van der Waals surface area (Å²) in [5.41, 5.74) is 6.24. The van der Waals surface area contributed by atoms with Crippen LogP contribution in [0.2, 0.25) is 0 Å². The molecule has 5 fully saturated rings. The zero-order valence-electron chi connectivity index (χ0n) is 29.2. The highest BCUT2D eigenvalue weighted by Crippen LogP contribution is 2.45. The molecule has 0 aromatic carbocycles. The lowest BCUT2D eigenvalue weighted by Crippen LogP contribution is -2.75. The Hall–Kier alpha value is -0.760. The van der Waals surface area contributed by atoms with Gasteiger partial charge < -0.3 is 9.64 Å². The first-order valence-corrected chi connectivity index (χ1v) is 20.2. The molecule has 0 amide bonds. The number of likely N-dealkylation sites (tertiary alicyclic amines) is 1. The Morgan fingerprint density at radius 1 is 1.04 bits per heavy atom. The Bertz CT molecular complexity index is 1200. The maximum atomic E-state index is 16.1. The SMILES string of the molecule is COC1C(NC2CC(C)NN2)NC(SC2CCC(S(=O)(=O)C(C)(C)C3CCCC([N+](=O)[O-])C3F)CC2F)NC1N1CCC(N(C)C)CC1. The van der Waals surface area contributed by atoms with Crippen LogP contribution in [0.4, 0.5) is 8.78 Å². The first kappa shape index (κ1) is 38.5. The van der Waals surface area contributed by atoms with E-state index in [2.05, 4.69) is 57.6 Å². The molecule has 278 valence electrons. The van der Waals surface area contributed by atoms with Crippen LogP contribution >= 0.6 is 11.8 Å². The van der Waals surface area contributed by atoms with E-state index < -0.39 is 54.3 Å². The zero-order valence-corrected chi connectivity index (χ0v) is 30.9. The van der Waals surface area contributed by atoms with E-state index in [1.54, 1.807) is 7.11 Å². The summed E-state index contributed by atoms with van der Waals surface area (Å²) in [6, 6.07) is -0.577. The van der Waals surface area contributed by atoms with E-state index in [0.29, 0.717) is 24.9 Å². The number of methoxy groups -OCH3 is 1. The molecule has 17 heteroatoms. The number of hydrogen-bond acceptors (Lipinski definition) is 13. The Morgan fingerprint density at radius 2 is 1.75 bits per heavy atom. The molecular weight excluding hydrogens is 667 g/mol. The number of nitro groups is 1. The summed E-state index contributed by atoms with van der Waals surface area (Å²) in [4.78, 5) is 15.5. The van der Waals surface area contributed by atoms with Gasteiger partial charge in [0.2, 0.25) is 6.04 Å². The van der Waals surface area contributed by atoms with Crippen LogP contribution in [0, 0.1) is 16.0 Å². The second-order valence-corrected chi connectivity index (χ2v) is 19.5. The number of hydrogen-bond donors (Lipinski definition) is 5. The molecule has 2 aliphatic carbocycles. The van der Waals surface area contributed by atoms with Crippen LogP contribution in [-0.2, 0) is 14.6 Å². The second-order valence-electron chi connectivity index (χ2n) is 15.3. The van der Waals surface area contributed by atoms with Crippen LogP contribution in [0.1, 0.15) is 78.6 Å². The van der Waals surface area contributed by atoms with E-state index in [9.17, 15) is 18.5 Å². The lowest BCUT2D eigenvalue weighted by Gasteiger charge is -2.50. The molecule has 0 aromatic rings. The zero-order chi connectivity index (χ0) is 35.0. The van der Waals surface area contributed by atoms with Crippen molar-refractivity contribution in [3.8, 4) is 0 Å². The van der Waals surface area contributed by atoms with Gasteiger partial charge in [-0.15, -0.1) is 11.8 Å². The number of thioether (sulfide) groups is 1. The molecule has 3 saturated heterocycles. The summed E-state index contributed by atoms with van der Waals surface area (Å²) in [6.45, 7) is 6.86. The molecule has 5 rings (SSSR count). The third kappa shape index (κ3) is 8.15. The summed E-state index contributed by atoms with van der Waals surface area (Å²) < 4.78 is 64.0. The lowest BCUT2D eigenvalue weighted by molar-refractivity contribution is -0.536. The van der Waals surface area contributed by atoms with Gasteiger partial charge in [0, 0.05) is 54.8 Å². The second kappa shape index (κ2) is 15.9. The Morgan fingerprint density at radius 3 is 2.33 bits per heavy atom. The van der Waals surface area contributed by atoms with Crippen LogP contribution in [0.5, 0.6) is 0 Å². The first-order chi connectivity index (χ1) is 22.6. The number of halogens is 2. The molecule has 48 heavy (non-hydrogen) atoms. The molecule has 5 aliphatic rings. The highest BCUT2D eigenvalue weighted by Gasteiger charge is 2.55. The normalized spacial score (nSPS) is 41.1. The molecule has 5 N–H and O–H groups in total. The monoisotopic (exact) mass is 724 g/mol. The van der Waals surface area contributed by atoms with E-state index in [1.807, 2.05) is 0 Å². The molecule has 0 radical (unpaired) electrons. The standard InChI is InChI=1S/C31H58F2N8O5S2/c1-18-16-25(38-37-18)34-28-27(46-6)29(40-14-12-19(13-15-40)39(4)5)36-30(35-28)47-24-11-10-20(17-22(24)32)48(44,45)31(2,3)21-8-7-9-23(26(21)33)41(42)43/h18-30,34-38H,7-17H2,1-6H3. The Labute approximate surface area is 289 Å². The van der Waals surface area contributed by atoms with Gasteiger partial charge in [-0.25, -0.2) is 22.6 Å². The Balaban J connectivity index is 1.26. The predicted octanol–water partition coefficient (Wildman–Crippen LogP) is 1.93. The average molecular weight is 725 g/mol. The summed E-state index contributed by atoms with van der Waals surface area (Å²) in [5, 5.41) is 21.1.